The van der Waals surface area contributed by atoms with Crippen LogP contribution >= 0.6 is 0 Å². The van der Waals surface area contributed by atoms with Crippen LogP contribution in [-0.2, 0) is 4.74 Å². The van der Waals surface area contributed by atoms with Crippen LogP contribution in [0.4, 0.5) is 14.9 Å². The lowest BCUT2D eigenvalue weighted by Crippen LogP contribution is -2.36. The first-order valence-corrected chi connectivity index (χ1v) is 11.1. The molecule has 1 aromatic rings. The molecule has 3 N–H and O–H groups in total. The van der Waals surface area contributed by atoms with Crippen molar-refractivity contribution in [2.75, 3.05) is 26.9 Å². The fourth-order valence-corrected chi connectivity index (χ4v) is 2.70. The Kier molecular flexibility index (Phi) is 12.4. The summed E-state index contributed by atoms with van der Waals surface area (Å²) in [6.07, 6.45) is 7.10. The largest absolute Gasteiger partial charge is 0.491 e. The van der Waals surface area contributed by atoms with Crippen molar-refractivity contribution in [2.45, 2.75) is 39.8 Å². The van der Waals surface area contributed by atoms with Crippen molar-refractivity contribution in [3.63, 3.8) is 0 Å². The van der Waals surface area contributed by atoms with E-state index in [0.29, 0.717) is 41.7 Å². The molecular formula is C26H37FN4O3. The van der Waals surface area contributed by atoms with Gasteiger partial charge in [0.05, 0.1) is 12.3 Å². The average molecular weight is 473 g/mol. The van der Waals surface area contributed by atoms with E-state index in [1.165, 1.54) is 13.8 Å². The molecule has 0 atom stereocenters. The zero-order chi connectivity index (χ0) is 25.6. The quantitative estimate of drug-likeness (QED) is 0.192. The van der Waals surface area contributed by atoms with Gasteiger partial charge >= 0.3 is 6.03 Å². The van der Waals surface area contributed by atoms with Crippen LogP contribution in [0.2, 0.25) is 0 Å². The lowest BCUT2D eigenvalue weighted by Gasteiger charge is -2.15. The van der Waals surface area contributed by atoms with E-state index in [2.05, 4.69) is 34.1 Å². The third kappa shape index (κ3) is 11.5. The number of rotatable bonds is 14. The Morgan fingerprint density at radius 2 is 1.91 bits per heavy atom. The number of ether oxygens (including phenoxy) is 2. The zero-order valence-electron chi connectivity index (χ0n) is 20.8. The maximum absolute atomic E-state index is 13.5. The molecule has 0 aliphatic heterocycles. The van der Waals surface area contributed by atoms with Gasteiger partial charge in [0.2, 0.25) is 0 Å². The number of halogens is 1. The molecule has 7 nitrogen and oxygen atoms in total. The minimum absolute atomic E-state index is 0.231. The highest BCUT2D eigenvalue weighted by molar-refractivity contribution is 5.77. The van der Waals surface area contributed by atoms with Crippen molar-refractivity contribution in [1.29, 1.82) is 0 Å². The van der Waals surface area contributed by atoms with Gasteiger partial charge in [0.25, 0.3) is 0 Å². The van der Waals surface area contributed by atoms with Crippen LogP contribution in [0.5, 0.6) is 5.75 Å². The third-order valence-electron chi connectivity index (χ3n) is 4.47. The van der Waals surface area contributed by atoms with E-state index in [0.717, 1.165) is 5.56 Å². The second-order valence-corrected chi connectivity index (χ2v) is 7.96. The van der Waals surface area contributed by atoms with Gasteiger partial charge in [-0.25, -0.2) is 9.18 Å². The number of hydrogen-bond acceptors (Lipinski definition) is 5. The molecule has 8 heteroatoms. The second kappa shape index (κ2) is 14.7. The second-order valence-electron chi connectivity index (χ2n) is 7.96. The molecule has 0 spiro atoms. The number of urea groups is 1. The van der Waals surface area contributed by atoms with Crippen molar-refractivity contribution in [3.8, 4) is 5.75 Å². The van der Waals surface area contributed by atoms with Crippen molar-refractivity contribution >= 4 is 23.6 Å². The Hall–Kier alpha value is -3.39. The van der Waals surface area contributed by atoms with Crippen LogP contribution in [0.25, 0.3) is 5.70 Å². The summed E-state index contributed by atoms with van der Waals surface area (Å²) in [6, 6.07) is 5.15. The van der Waals surface area contributed by atoms with Gasteiger partial charge in [0.1, 0.15) is 18.0 Å². The summed E-state index contributed by atoms with van der Waals surface area (Å²) < 4.78 is 24.2. The summed E-state index contributed by atoms with van der Waals surface area (Å²) in [5.74, 6) is 0.685. The molecule has 1 aromatic carbocycles. The number of alkyl halides is 1. The predicted octanol–water partition coefficient (Wildman–Crippen LogP) is 5.41. The molecule has 34 heavy (non-hydrogen) atoms. The monoisotopic (exact) mass is 472 g/mol. The van der Waals surface area contributed by atoms with Crippen LogP contribution < -0.4 is 20.7 Å². The smallest absolute Gasteiger partial charge is 0.319 e. The van der Waals surface area contributed by atoms with Crippen molar-refractivity contribution in [3.05, 3.63) is 66.5 Å². The molecule has 1 rings (SSSR count). The Labute approximate surface area is 202 Å². The van der Waals surface area contributed by atoms with E-state index in [-0.39, 0.29) is 13.0 Å². The number of allylic oxidation sites excluding steroid dienone is 3. The van der Waals surface area contributed by atoms with E-state index in [1.807, 2.05) is 25.1 Å². The minimum Gasteiger partial charge on any atom is -0.491 e. The fraction of sp³-hybridized carbons (Fsp3) is 0.385. The molecule has 0 aromatic heterocycles. The number of benzene rings is 1. The maximum Gasteiger partial charge on any atom is 0.319 e. The molecule has 0 saturated carbocycles. The zero-order valence-corrected chi connectivity index (χ0v) is 20.8. The van der Waals surface area contributed by atoms with Gasteiger partial charge in [-0.1, -0.05) is 19.2 Å². The Morgan fingerprint density at radius 3 is 2.53 bits per heavy atom. The number of carbonyl (C=O) groups is 1. The van der Waals surface area contributed by atoms with Gasteiger partial charge < -0.3 is 25.4 Å². The molecule has 0 heterocycles. The average Bonchev–Trinajstić information content (AvgIpc) is 2.76. The molecule has 0 aliphatic carbocycles. The van der Waals surface area contributed by atoms with Gasteiger partial charge in [-0.15, -0.1) is 0 Å². The summed E-state index contributed by atoms with van der Waals surface area (Å²) >= 11 is 0. The SMILES string of the molecule is C=C(/C=C\C(=C/C)NC(=O)NCCC(C)(C)F)NC(=C)c1ccc(OCCOC)cc1N=CC. The molecule has 186 valence electrons. The molecule has 2 amide bonds. The highest BCUT2D eigenvalue weighted by Gasteiger charge is 2.15. The first-order chi connectivity index (χ1) is 16.1. The van der Waals surface area contributed by atoms with Crippen LogP contribution in [0.15, 0.2) is 66.0 Å². The lowest BCUT2D eigenvalue weighted by molar-refractivity contribution is 0.146. The molecule has 0 fully saturated rings. The Morgan fingerprint density at radius 1 is 1.18 bits per heavy atom. The van der Waals surface area contributed by atoms with Crippen LogP contribution in [-0.4, -0.2) is 44.8 Å². The van der Waals surface area contributed by atoms with Gasteiger partial charge in [-0.05, 0) is 58.4 Å². The third-order valence-corrected chi connectivity index (χ3v) is 4.47. The van der Waals surface area contributed by atoms with Gasteiger partial charge in [-0.3, -0.25) is 4.99 Å². The van der Waals surface area contributed by atoms with Gasteiger partial charge in [-0.2, -0.15) is 0 Å². The number of methoxy groups -OCH3 is 1. The number of aliphatic imine (C=N–C) groups is 1. The molecule has 0 radical (unpaired) electrons. The van der Waals surface area contributed by atoms with E-state index in [9.17, 15) is 9.18 Å². The topological polar surface area (TPSA) is 84.0 Å². The lowest BCUT2D eigenvalue weighted by atomic mass is 10.1. The fourth-order valence-electron chi connectivity index (χ4n) is 2.70. The number of amides is 2. The van der Waals surface area contributed by atoms with Crippen LogP contribution in [0.1, 0.15) is 39.7 Å². The highest BCUT2D eigenvalue weighted by Crippen LogP contribution is 2.29. The number of nitrogens with one attached hydrogen (secondary N) is 3. The summed E-state index contributed by atoms with van der Waals surface area (Å²) in [5.41, 5.74) is 1.92. The Balaban J connectivity index is 2.72. The molecular weight excluding hydrogens is 435 g/mol. The molecule has 0 unspecified atom stereocenters. The first kappa shape index (κ1) is 28.6. The first-order valence-electron chi connectivity index (χ1n) is 11.1. The minimum atomic E-state index is -1.33. The number of nitrogens with zero attached hydrogens (tertiary/aromatic N) is 1. The summed E-state index contributed by atoms with van der Waals surface area (Å²) in [4.78, 5) is 16.4. The summed E-state index contributed by atoms with van der Waals surface area (Å²) in [5, 5.41) is 8.49. The summed E-state index contributed by atoms with van der Waals surface area (Å²) in [6.45, 7) is 15.8. The maximum atomic E-state index is 13.5. The van der Waals surface area contributed by atoms with E-state index in [1.54, 1.807) is 38.5 Å². The summed E-state index contributed by atoms with van der Waals surface area (Å²) in [7, 11) is 1.62. The van der Waals surface area contributed by atoms with Crippen molar-refractivity contribution < 1.29 is 18.7 Å². The predicted molar refractivity (Wildman–Crippen MR) is 138 cm³/mol. The van der Waals surface area contributed by atoms with Crippen molar-refractivity contribution in [1.82, 2.24) is 16.0 Å². The van der Waals surface area contributed by atoms with Crippen LogP contribution in [0.3, 0.4) is 0 Å². The van der Waals surface area contributed by atoms with Crippen LogP contribution in [0, 0.1) is 0 Å². The highest BCUT2D eigenvalue weighted by atomic mass is 19.1. The van der Waals surface area contributed by atoms with E-state index < -0.39 is 11.7 Å². The van der Waals surface area contributed by atoms with Crippen molar-refractivity contribution in [2.24, 2.45) is 4.99 Å². The Bertz CT molecular complexity index is 930. The normalized spacial score (nSPS) is 12.1. The van der Waals surface area contributed by atoms with Gasteiger partial charge in [0.15, 0.2) is 0 Å². The molecule has 0 aliphatic rings. The molecule has 0 bridgehead atoms. The van der Waals surface area contributed by atoms with E-state index >= 15 is 0 Å². The van der Waals surface area contributed by atoms with Gasteiger partial charge in [0, 0.05) is 48.6 Å². The van der Waals surface area contributed by atoms with E-state index in [4.69, 9.17) is 9.47 Å². The molecule has 0 saturated heterocycles. The number of hydrogen-bond donors (Lipinski definition) is 3. The standard InChI is InChI=1S/C26H37FN4O3/c1-8-21(31-25(32)29-15-14-26(5,6)27)11-10-19(3)30-20(4)23-13-12-22(34-17-16-33-7)18-24(23)28-9-2/h8-13,18,30H,3-4,14-17H2,1-2,5-7H3,(H2,29,31,32)/b11-10-,21-8+,28-9?. The number of carbonyl (C=O) groups excluding carboxylic acids is 1.